The fourth-order valence-corrected chi connectivity index (χ4v) is 3.21. The maximum Gasteiger partial charge on any atom is 0.344 e. The zero-order valence-electron chi connectivity index (χ0n) is 14.8. The predicted molar refractivity (Wildman–Crippen MR) is 91.3 cm³/mol. The van der Waals surface area contributed by atoms with E-state index in [0.717, 1.165) is 31.5 Å². The normalized spacial score (nSPS) is 21.3. The van der Waals surface area contributed by atoms with Crippen LogP contribution in [0.5, 0.6) is 0 Å². The molecule has 1 aromatic rings. The van der Waals surface area contributed by atoms with Crippen molar-refractivity contribution in [2.75, 3.05) is 13.1 Å². The lowest BCUT2D eigenvalue weighted by molar-refractivity contribution is -0.188. The summed E-state index contributed by atoms with van der Waals surface area (Å²) in [5, 5.41) is 2.05. The minimum Gasteiger partial charge on any atom is -0.334 e. The molecular formula is C18H21N3O6. The minimum atomic E-state index is -0.461. The molecule has 144 valence electrons. The number of carbonyl (C=O) groups is 4. The van der Waals surface area contributed by atoms with Crippen LogP contribution in [0.1, 0.15) is 31.2 Å². The first-order chi connectivity index (χ1) is 13.1. The fraction of sp³-hybridized carbons (Fsp3) is 0.444. The van der Waals surface area contributed by atoms with E-state index in [1.807, 2.05) is 35.2 Å². The van der Waals surface area contributed by atoms with Crippen molar-refractivity contribution in [1.29, 1.82) is 0 Å². The van der Waals surface area contributed by atoms with E-state index in [-0.39, 0.29) is 31.4 Å². The predicted octanol–water partition coefficient (Wildman–Crippen LogP) is 1.24. The lowest BCUT2D eigenvalue weighted by atomic mass is 10.1. The van der Waals surface area contributed by atoms with E-state index in [9.17, 15) is 19.2 Å². The quantitative estimate of drug-likeness (QED) is 0.567. The lowest BCUT2D eigenvalue weighted by Crippen LogP contribution is -2.33. The third-order valence-corrected chi connectivity index (χ3v) is 4.55. The summed E-state index contributed by atoms with van der Waals surface area (Å²) in [6.45, 7) is 2.23. The van der Waals surface area contributed by atoms with Crippen LogP contribution in [0.2, 0.25) is 0 Å². The van der Waals surface area contributed by atoms with Gasteiger partial charge in [-0.1, -0.05) is 30.3 Å². The molecule has 4 amide bonds. The van der Waals surface area contributed by atoms with Gasteiger partial charge in [0.2, 0.25) is 0 Å². The number of rotatable bonds is 5. The Morgan fingerprint density at radius 2 is 1.78 bits per heavy atom. The molecule has 9 heteroatoms. The Morgan fingerprint density at radius 1 is 1.07 bits per heavy atom. The Labute approximate surface area is 156 Å². The van der Waals surface area contributed by atoms with Crippen molar-refractivity contribution in [3.63, 3.8) is 0 Å². The van der Waals surface area contributed by atoms with Gasteiger partial charge >= 0.3 is 12.5 Å². The molecule has 0 radical (unpaired) electrons. The molecule has 0 aliphatic carbocycles. The van der Waals surface area contributed by atoms with Crippen molar-refractivity contribution in [2.24, 2.45) is 0 Å². The SMILES string of the molecule is O=C1N2CCC[C@H](C2)N1OCc1ccccc1.O=CON1C(=O)CCC1=O. The number of benzene rings is 1. The summed E-state index contributed by atoms with van der Waals surface area (Å²) in [6.07, 6.45) is 2.40. The van der Waals surface area contributed by atoms with Crippen LogP contribution in [0.4, 0.5) is 4.79 Å². The van der Waals surface area contributed by atoms with Crippen molar-refractivity contribution < 1.29 is 28.9 Å². The smallest absolute Gasteiger partial charge is 0.334 e. The van der Waals surface area contributed by atoms with Gasteiger partial charge in [-0.05, 0) is 18.4 Å². The van der Waals surface area contributed by atoms with Crippen LogP contribution in [0, 0.1) is 0 Å². The number of hydrogen-bond donors (Lipinski definition) is 0. The third kappa shape index (κ3) is 4.43. The number of nitrogens with zero attached hydrogens (tertiary/aromatic N) is 3. The van der Waals surface area contributed by atoms with Crippen LogP contribution in [-0.4, -0.2) is 58.5 Å². The highest BCUT2D eigenvalue weighted by atomic mass is 16.7. The molecule has 1 atom stereocenters. The van der Waals surface area contributed by atoms with Gasteiger partial charge in [-0.3, -0.25) is 19.2 Å². The highest BCUT2D eigenvalue weighted by Crippen LogP contribution is 2.26. The van der Waals surface area contributed by atoms with E-state index < -0.39 is 11.8 Å². The fourth-order valence-electron chi connectivity index (χ4n) is 3.21. The highest BCUT2D eigenvalue weighted by molar-refractivity contribution is 6.01. The Balaban J connectivity index is 0.000000180. The molecule has 9 nitrogen and oxygen atoms in total. The largest absolute Gasteiger partial charge is 0.344 e. The van der Waals surface area contributed by atoms with Gasteiger partial charge < -0.3 is 9.74 Å². The molecule has 3 heterocycles. The number of urea groups is 1. The Kier molecular flexibility index (Phi) is 6.02. The second-order valence-electron chi connectivity index (χ2n) is 6.39. The summed E-state index contributed by atoms with van der Waals surface area (Å²) >= 11 is 0. The van der Waals surface area contributed by atoms with Crippen LogP contribution in [0.3, 0.4) is 0 Å². The van der Waals surface area contributed by atoms with Crippen molar-refractivity contribution in [3.8, 4) is 0 Å². The summed E-state index contributed by atoms with van der Waals surface area (Å²) in [5.41, 5.74) is 1.09. The molecule has 0 aromatic heterocycles. The molecule has 3 fully saturated rings. The Bertz CT molecular complexity index is 694. The summed E-state index contributed by atoms with van der Waals surface area (Å²) in [6, 6.07) is 10.2. The van der Waals surface area contributed by atoms with E-state index in [1.165, 1.54) is 0 Å². The van der Waals surface area contributed by atoms with Crippen molar-refractivity contribution in [3.05, 3.63) is 35.9 Å². The van der Waals surface area contributed by atoms with Crippen LogP contribution in [0.25, 0.3) is 0 Å². The molecule has 3 saturated heterocycles. The number of imide groups is 1. The maximum absolute atomic E-state index is 11.9. The summed E-state index contributed by atoms with van der Waals surface area (Å²) < 4.78 is 0. The summed E-state index contributed by atoms with van der Waals surface area (Å²) in [7, 11) is 0. The van der Waals surface area contributed by atoms with Crippen LogP contribution >= 0.6 is 0 Å². The first kappa shape index (κ1) is 18.8. The minimum absolute atomic E-state index is 0.0310. The van der Waals surface area contributed by atoms with Crippen molar-refractivity contribution in [2.45, 2.75) is 38.3 Å². The van der Waals surface area contributed by atoms with E-state index in [1.54, 1.807) is 5.06 Å². The summed E-state index contributed by atoms with van der Waals surface area (Å²) in [4.78, 5) is 54.4. The molecule has 27 heavy (non-hydrogen) atoms. The molecule has 2 bridgehead atoms. The van der Waals surface area contributed by atoms with Crippen LogP contribution < -0.4 is 0 Å². The Hall–Kier alpha value is -2.94. The maximum atomic E-state index is 11.9. The van der Waals surface area contributed by atoms with Gasteiger partial charge in [-0.15, -0.1) is 5.06 Å². The standard InChI is InChI=1S/C13H16N2O2.C5H5NO4/c16-13-14-8-4-7-12(9-14)15(13)17-10-11-5-2-1-3-6-11;7-3-10-6-4(8)1-2-5(6)9/h1-3,5-6,12H,4,7-10H2;3H,1-2H2/t12-;/m1./s1. The average Bonchev–Trinajstić information content (AvgIpc) is 3.12. The Morgan fingerprint density at radius 3 is 2.41 bits per heavy atom. The number of piperidine rings is 1. The number of amides is 4. The number of hydroxylamine groups is 4. The second-order valence-corrected chi connectivity index (χ2v) is 6.39. The first-order valence-corrected chi connectivity index (χ1v) is 8.81. The molecule has 3 aliphatic heterocycles. The van der Waals surface area contributed by atoms with Crippen LogP contribution in [-0.2, 0) is 30.7 Å². The molecule has 3 aliphatic rings. The van der Waals surface area contributed by atoms with Crippen molar-refractivity contribution in [1.82, 2.24) is 15.0 Å². The first-order valence-electron chi connectivity index (χ1n) is 8.81. The summed E-state index contributed by atoms with van der Waals surface area (Å²) in [5.74, 6) is -0.922. The molecule has 0 unspecified atom stereocenters. The van der Waals surface area contributed by atoms with E-state index in [2.05, 4.69) is 4.84 Å². The second kappa shape index (κ2) is 8.63. The van der Waals surface area contributed by atoms with E-state index in [4.69, 9.17) is 4.84 Å². The topological polar surface area (TPSA) is 96.5 Å². The highest BCUT2D eigenvalue weighted by Gasteiger charge is 2.40. The van der Waals surface area contributed by atoms with Crippen molar-refractivity contribution >= 4 is 24.3 Å². The lowest BCUT2D eigenvalue weighted by Gasteiger charge is -2.22. The van der Waals surface area contributed by atoms with Gasteiger partial charge in [0.25, 0.3) is 11.8 Å². The van der Waals surface area contributed by atoms with Gasteiger partial charge in [-0.25, -0.2) is 4.79 Å². The number of carbonyl (C=O) groups excluding carboxylic acids is 4. The number of hydrogen-bond acceptors (Lipinski definition) is 6. The molecule has 0 spiro atoms. The molecule has 0 saturated carbocycles. The third-order valence-electron chi connectivity index (χ3n) is 4.55. The van der Waals surface area contributed by atoms with Gasteiger partial charge in [0.05, 0.1) is 6.04 Å². The van der Waals surface area contributed by atoms with Gasteiger partial charge in [0, 0.05) is 25.9 Å². The van der Waals surface area contributed by atoms with Gasteiger partial charge in [0.15, 0.2) is 0 Å². The number of fused-ring (bicyclic) bond motifs is 2. The van der Waals surface area contributed by atoms with E-state index >= 15 is 0 Å². The average molecular weight is 375 g/mol. The molecular weight excluding hydrogens is 354 g/mol. The zero-order valence-corrected chi connectivity index (χ0v) is 14.8. The molecule has 4 rings (SSSR count). The monoisotopic (exact) mass is 375 g/mol. The zero-order chi connectivity index (χ0) is 19.2. The molecule has 0 N–H and O–H groups in total. The molecule has 1 aromatic carbocycles. The van der Waals surface area contributed by atoms with Gasteiger partial charge in [-0.2, -0.15) is 5.06 Å². The van der Waals surface area contributed by atoms with E-state index in [0.29, 0.717) is 11.7 Å². The van der Waals surface area contributed by atoms with Gasteiger partial charge in [0.1, 0.15) is 6.61 Å². The van der Waals surface area contributed by atoms with Crippen LogP contribution in [0.15, 0.2) is 30.3 Å².